The third-order valence-corrected chi connectivity index (χ3v) is 3.14. The van der Waals surface area contributed by atoms with Crippen LogP contribution in [0.3, 0.4) is 0 Å². The van der Waals surface area contributed by atoms with Gasteiger partial charge in [0.2, 0.25) is 0 Å². The van der Waals surface area contributed by atoms with Gasteiger partial charge in [-0.2, -0.15) is 0 Å². The second-order valence-electron chi connectivity index (χ2n) is 3.97. The molecular weight excluding hydrogens is 190 g/mol. The Morgan fingerprint density at radius 1 is 1.33 bits per heavy atom. The Hall–Kier alpha value is -1.42. The number of pyridine rings is 1. The van der Waals surface area contributed by atoms with E-state index in [2.05, 4.69) is 21.4 Å². The summed E-state index contributed by atoms with van der Waals surface area (Å²) in [4.78, 5) is 8.43. The third kappa shape index (κ3) is 1.33. The van der Waals surface area contributed by atoms with Crippen molar-refractivity contribution in [2.24, 2.45) is 4.99 Å². The molecule has 0 aliphatic carbocycles. The molecule has 0 atom stereocenters. The van der Waals surface area contributed by atoms with E-state index in [-0.39, 0.29) is 5.60 Å². The summed E-state index contributed by atoms with van der Waals surface area (Å²) in [5.41, 5.74) is 0.949. The summed E-state index contributed by atoms with van der Waals surface area (Å²) in [5.74, 6) is 0.811. The normalized spacial score (nSPS) is 22.1. The Bertz CT molecular complexity index is 397. The zero-order valence-electron chi connectivity index (χ0n) is 8.44. The maximum atomic E-state index is 5.76. The molecule has 1 aromatic heterocycles. The fraction of sp³-hybridized carbons (Fsp3) is 0.455. The van der Waals surface area contributed by atoms with E-state index in [1.807, 2.05) is 6.07 Å². The van der Waals surface area contributed by atoms with Crippen molar-refractivity contribution >= 4 is 12.2 Å². The number of rotatable bonds is 0. The number of nitrogens with zero attached hydrogens (tertiary/aromatic N) is 2. The second-order valence-corrected chi connectivity index (χ2v) is 3.97. The first-order valence-electron chi connectivity index (χ1n) is 5.27. The molecule has 0 saturated carbocycles. The minimum atomic E-state index is -0.184. The van der Waals surface area contributed by atoms with Crippen LogP contribution in [0.1, 0.15) is 18.4 Å². The summed E-state index contributed by atoms with van der Waals surface area (Å²) in [6, 6.07) is 4.02. The largest absolute Gasteiger partial charge is 0.472 e. The van der Waals surface area contributed by atoms with Crippen LogP contribution >= 0.6 is 0 Å². The lowest BCUT2D eigenvalue weighted by atomic mass is 9.84. The van der Waals surface area contributed by atoms with E-state index in [0.29, 0.717) is 0 Å². The first-order valence-corrected chi connectivity index (χ1v) is 5.27. The lowest BCUT2D eigenvalue weighted by Gasteiger charge is -2.38. The van der Waals surface area contributed by atoms with Gasteiger partial charge in [0, 0.05) is 24.6 Å². The maximum Gasteiger partial charge on any atom is 0.177 e. The number of piperidine rings is 1. The van der Waals surface area contributed by atoms with Gasteiger partial charge in [-0.1, -0.05) is 0 Å². The van der Waals surface area contributed by atoms with Crippen LogP contribution in [0.5, 0.6) is 0 Å². The van der Waals surface area contributed by atoms with Crippen molar-refractivity contribution in [2.45, 2.75) is 18.4 Å². The van der Waals surface area contributed by atoms with Crippen molar-refractivity contribution in [3.63, 3.8) is 0 Å². The Morgan fingerprint density at radius 3 is 3.07 bits per heavy atom. The molecule has 0 unspecified atom stereocenters. The second kappa shape index (κ2) is 3.31. The average Bonchev–Trinajstić information content (AvgIpc) is 2.31. The van der Waals surface area contributed by atoms with Crippen LogP contribution in [0.15, 0.2) is 23.3 Å². The predicted molar refractivity (Wildman–Crippen MR) is 57.3 cm³/mol. The van der Waals surface area contributed by atoms with Gasteiger partial charge in [0.1, 0.15) is 5.60 Å². The monoisotopic (exact) mass is 203 g/mol. The molecule has 1 fully saturated rings. The zero-order valence-corrected chi connectivity index (χ0v) is 8.44. The lowest BCUT2D eigenvalue weighted by molar-refractivity contribution is 0.0246. The van der Waals surface area contributed by atoms with Gasteiger partial charge in [-0.3, -0.25) is 0 Å². The van der Waals surface area contributed by atoms with Crippen LogP contribution in [-0.2, 0) is 10.3 Å². The number of fused-ring (bicyclic) bond motifs is 2. The summed E-state index contributed by atoms with van der Waals surface area (Å²) in [7, 11) is 0. The summed E-state index contributed by atoms with van der Waals surface area (Å²) in [6.07, 6.45) is 5.28. The van der Waals surface area contributed by atoms with Crippen molar-refractivity contribution < 1.29 is 4.74 Å². The number of aliphatic imine (C=N–C) groups is 1. The van der Waals surface area contributed by atoms with E-state index in [1.165, 1.54) is 0 Å². The van der Waals surface area contributed by atoms with Gasteiger partial charge in [0.05, 0.1) is 0 Å². The molecule has 1 aromatic rings. The van der Waals surface area contributed by atoms with Crippen molar-refractivity contribution in [3.8, 4) is 0 Å². The third-order valence-electron chi connectivity index (χ3n) is 3.14. The molecule has 4 heteroatoms. The number of nitrogens with one attached hydrogen (secondary N) is 1. The molecule has 0 amide bonds. The van der Waals surface area contributed by atoms with Gasteiger partial charge in [0.15, 0.2) is 12.2 Å². The van der Waals surface area contributed by atoms with Gasteiger partial charge in [-0.25, -0.2) is 9.98 Å². The highest BCUT2D eigenvalue weighted by molar-refractivity contribution is 5.61. The van der Waals surface area contributed by atoms with E-state index >= 15 is 0 Å². The topological polar surface area (TPSA) is 46.5 Å². The summed E-state index contributed by atoms with van der Waals surface area (Å²) in [6.45, 7) is 1.98. The molecule has 2 aliphatic rings. The molecule has 1 N–H and O–H groups in total. The van der Waals surface area contributed by atoms with Crippen LogP contribution in [0.2, 0.25) is 0 Å². The molecule has 2 aliphatic heterocycles. The molecule has 4 nitrogen and oxygen atoms in total. The maximum absolute atomic E-state index is 5.76. The van der Waals surface area contributed by atoms with Crippen molar-refractivity contribution in [3.05, 3.63) is 23.9 Å². The van der Waals surface area contributed by atoms with Gasteiger partial charge >= 0.3 is 0 Å². The highest BCUT2D eigenvalue weighted by Crippen LogP contribution is 2.40. The van der Waals surface area contributed by atoms with Crippen LogP contribution in [-0.4, -0.2) is 24.5 Å². The van der Waals surface area contributed by atoms with Crippen LogP contribution in [0.25, 0.3) is 0 Å². The number of hydrogen-bond donors (Lipinski definition) is 1. The summed E-state index contributed by atoms with van der Waals surface area (Å²) >= 11 is 0. The smallest absolute Gasteiger partial charge is 0.177 e. The molecule has 0 radical (unpaired) electrons. The van der Waals surface area contributed by atoms with Gasteiger partial charge in [0.25, 0.3) is 0 Å². The van der Waals surface area contributed by atoms with Gasteiger partial charge in [-0.15, -0.1) is 0 Å². The quantitative estimate of drug-likeness (QED) is 0.692. The average molecular weight is 203 g/mol. The van der Waals surface area contributed by atoms with E-state index < -0.39 is 0 Å². The molecule has 0 bridgehead atoms. The van der Waals surface area contributed by atoms with E-state index in [1.54, 1.807) is 12.6 Å². The molecule has 0 aromatic carbocycles. The Labute approximate surface area is 88.4 Å². The first kappa shape index (κ1) is 8.85. The predicted octanol–water partition coefficient (Wildman–Crippen LogP) is 1.35. The Balaban J connectivity index is 2.08. The molecule has 1 saturated heterocycles. The number of hydrogen-bond acceptors (Lipinski definition) is 4. The molecule has 3 rings (SSSR count). The van der Waals surface area contributed by atoms with Gasteiger partial charge in [-0.05, 0) is 25.2 Å². The van der Waals surface area contributed by atoms with Crippen molar-refractivity contribution in [1.29, 1.82) is 0 Å². The molecule has 3 heterocycles. The molecule has 15 heavy (non-hydrogen) atoms. The summed E-state index contributed by atoms with van der Waals surface area (Å²) < 4.78 is 5.76. The highest BCUT2D eigenvalue weighted by Gasteiger charge is 2.39. The fourth-order valence-corrected chi connectivity index (χ4v) is 2.31. The first-order chi connectivity index (χ1) is 7.41. The fourth-order valence-electron chi connectivity index (χ4n) is 2.31. The minimum Gasteiger partial charge on any atom is -0.472 e. The Kier molecular flexibility index (Phi) is 1.95. The minimum absolute atomic E-state index is 0.184. The van der Waals surface area contributed by atoms with Crippen molar-refractivity contribution in [1.82, 2.24) is 10.3 Å². The highest BCUT2D eigenvalue weighted by atomic mass is 16.5. The molecule has 1 spiro atoms. The standard InChI is InChI=1S/C11H13N3O/c1-2-9-10(13-5-1)14-8-15-11(9)3-6-12-7-4-11/h1-2,5,8,12H,3-4,6-7H2. The molecule has 78 valence electrons. The van der Waals surface area contributed by atoms with Crippen LogP contribution in [0.4, 0.5) is 5.82 Å². The van der Waals surface area contributed by atoms with Crippen LogP contribution in [0, 0.1) is 0 Å². The van der Waals surface area contributed by atoms with Crippen LogP contribution < -0.4 is 5.32 Å². The van der Waals surface area contributed by atoms with E-state index in [4.69, 9.17) is 4.74 Å². The SMILES string of the molecule is C1=Nc2ncccc2C2(CCNCC2)O1. The number of aromatic nitrogens is 1. The molecular formula is C11H13N3O. The lowest BCUT2D eigenvalue weighted by Crippen LogP contribution is -2.42. The Morgan fingerprint density at radius 2 is 2.20 bits per heavy atom. The van der Waals surface area contributed by atoms with Gasteiger partial charge < -0.3 is 10.1 Å². The summed E-state index contributed by atoms with van der Waals surface area (Å²) in [5, 5.41) is 3.34. The van der Waals surface area contributed by atoms with Crippen molar-refractivity contribution in [2.75, 3.05) is 13.1 Å². The zero-order chi connectivity index (χ0) is 10.1. The number of ether oxygens (including phenoxy) is 1. The van der Waals surface area contributed by atoms with E-state index in [0.717, 1.165) is 37.3 Å². The van der Waals surface area contributed by atoms with E-state index in [9.17, 15) is 0 Å².